The number of likely N-dealkylation sites (tertiary alicyclic amines) is 1. The van der Waals surface area contributed by atoms with Gasteiger partial charge >= 0.3 is 11.9 Å². The molecule has 1 N–H and O–H groups in total. The Morgan fingerprint density at radius 3 is 1.63 bits per heavy atom. The van der Waals surface area contributed by atoms with Crippen LogP contribution >= 0.6 is 0 Å². The van der Waals surface area contributed by atoms with Crippen LogP contribution in [0.3, 0.4) is 0 Å². The van der Waals surface area contributed by atoms with Crippen molar-refractivity contribution < 1.29 is 28.7 Å². The van der Waals surface area contributed by atoms with Gasteiger partial charge in [0.15, 0.2) is 0 Å². The van der Waals surface area contributed by atoms with Gasteiger partial charge in [0.25, 0.3) is 0 Å². The van der Waals surface area contributed by atoms with E-state index in [0.29, 0.717) is 25.4 Å². The van der Waals surface area contributed by atoms with E-state index in [1.54, 1.807) is 0 Å². The second-order valence-corrected chi connectivity index (χ2v) is 15.0. The number of hydrogen-bond donors (Lipinski definition) is 1. The number of carbonyl (C=O) groups excluding carboxylic acids is 2. The first-order valence-corrected chi connectivity index (χ1v) is 17.3. The smallest absolute Gasteiger partial charge is 0.310 e. The van der Waals surface area contributed by atoms with Crippen molar-refractivity contribution in [3.63, 3.8) is 0 Å². The number of quaternary nitrogens is 1. The van der Waals surface area contributed by atoms with E-state index in [9.17, 15) is 14.7 Å². The van der Waals surface area contributed by atoms with Gasteiger partial charge < -0.3 is 19.1 Å². The van der Waals surface area contributed by atoms with Crippen molar-refractivity contribution in [3.8, 4) is 5.75 Å². The van der Waals surface area contributed by atoms with Crippen molar-refractivity contribution in [2.75, 3.05) is 39.4 Å². The van der Waals surface area contributed by atoms with E-state index < -0.39 is 0 Å². The molecule has 43 heavy (non-hydrogen) atoms. The molecule has 0 saturated carbocycles. The van der Waals surface area contributed by atoms with Crippen molar-refractivity contribution in [2.45, 2.75) is 149 Å². The van der Waals surface area contributed by atoms with Gasteiger partial charge in [0, 0.05) is 19.3 Å². The molecule has 1 aromatic carbocycles. The maximum absolute atomic E-state index is 12.9. The van der Waals surface area contributed by atoms with Crippen LogP contribution in [0.15, 0.2) is 12.1 Å². The molecule has 246 valence electrons. The minimum absolute atomic E-state index is 0.0820. The van der Waals surface area contributed by atoms with Crippen LogP contribution in [0, 0.1) is 0 Å². The summed E-state index contributed by atoms with van der Waals surface area (Å²) < 4.78 is 12.2. The number of nitrogens with zero attached hydrogens (tertiary/aromatic N) is 1. The summed E-state index contributed by atoms with van der Waals surface area (Å²) in [7, 11) is 0. The first kappa shape index (κ1) is 37.1. The van der Waals surface area contributed by atoms with Gasteiger partial charge in [0.05, 0.1) is 19.5 Å². The maximum atomic E-state index is 12.9. The zero-order valence-electron chi connectivity index (χ0n) is 28.8. The van der Waals surface area contributed by atoms with Gasteiger partial charge in [-0.25, -0.2) is 0 Å². The minimum atomic E-state index is -0.245. The van der Waals surface area contributed by atoms with Gasteiger partial charge in [-0.05, 0) is 33.9 Å². The lowest BCUT2D eigenvalue weighted by atomic mass is 9.78. The van der Waals surface area contributed by atoms with Crippen LogP contribution in [0.1, 0.15) is 149 Å². The second kappa shape index (κ2) is 18.0. The van der Waals surface area contributed by atoms with Gasteiger partial charge in [-0.3, -0.25) is 9.59 Å². The van der Waals surface area contributed by atoms with Crippen LogP contribution in [-0.4, -0.2) is 60.9 Å². The van der Waals surface area contributed by atoms with Gasteiger partial charge in [-0.1, -0.05) is 118 Å². The Labute approximate surface area is 263 Å². The van der Waals surface area contributed by atoms with Crippen LogP contribution in [0.5, 0.6) is 5.75 Å². The highest BCUT2D eigenvalue weighted by Crippen LogP contribution is 2.40. The van der Waals surface area contributed by atoms with Crippen LogP contribution in [0.25, 0.3) is 0 Å². The molecular formula is C37H64NO5+. The largest absolute Gasteiger partial charge is 0.507 e. The third kappa shape index (κ3) is 13.6. The zero-order valence-corrected chi connectivity index (χ0v) is 28.8. The summed E-state index contributed by atoms with van der Waals surface area (Å²) in [5.74, 6) is -0.00560. The number of aromatic hydroxyl groups is 1. The molecule has 0 unspecified atom stereocenters. The van der Waals surface area contributed by atoms with E-state index in [2.05, 4.69) is 48.5 Å². The Kier molecular flexibility index (Phi) is 15.6. The number of rotatable bonds is 19. The number of benzene rings is 1. The normalized spacial score (nSPS) is 15.0. The van der Waals surface area contributed by atoms with Crippen LogP contribution < -0.4 is 0 Å². The van der Waals surface area contributed by atoms with Gasteiger partial charge in [-0.15, -0.1) is 0 Å². The average Bonchev–Trinajstić information content (AvgIpc) is 3.38. The highest BCUT2D eigenvalue weighted by atomic mass is 16.5. The Hall–Kier alpha value is -2.08. The molecule has 1 fully saturated rings. The van der Waals surface area contributed by atoms with E-state index >= 15 is 0 Å². The summed E-state index contributed by atoms with van der Waals surface area (Å²) in [6.45, 7) is 19.1. The van der Waals surface area contributed by atoms with Gasteiger partial charge in [-0.2, -0.15) is 0 Å². The van der Waals surface area contributed by atoms with Crippen molar-refractivity contribution in [3.05, 3.63) is 28.8 Å². The Bertz CT molecular complexity index is 947. The number of unbranched alkanes of at least 4 members (excludes halogenated alkanes) is 9. The SMILES string of the molecule is CCCCCCCCCCCCC(=O)OCC[N+]1(CCOC(=O)Cc2cc(C(C)(C)C)c(O)c(C(C)(C)C)c2)CCCC1. The van der Waals surface area contributed by atoms with E-state index in [0.717, 1.165) is 73.0 Å². The molecule has 6 nitrogen and oxygen atoms in total. The molecule has 1 aliphatic rings. The quantitative estimate of drug-likeness (QED) is 0.0976. The van der Waals surface area contributed by atoms with E-state index in [1.807, 2.05) is 12.1 Å². The summed E-state index contributed by atoms with van der Waals surface area (Å²) in [6.07, 6.45) is 15.5. The second-order valence-electron chi connectivity index (χ2n) is 15.0. The van der Waals surface area contributed by atoms with Gasteiger partial charge in [0.2, 0.25) is 0 Å². The number of carbonyl (C=O) groups is 2. The number of ether oxygens (including phenoxy) is 2. The predicted molar refractivity (Wildman–Crippen MR) is 177 cm³/mol. The molecule has 0 aromatic heterocycles. The predicted octanol–water partition coefficient (Wildman–Crippen LogP) is 8.54. The van der Waals surface area contributed by atoms with E-state index in [-0.39, 0.29) is 29.2 Å². The van der Waals surface area contributed by atoms with E-state index in [4.69, 9.17) is 9.47 Å². The highest BCUT2D eigenvalue weighted by molar-refractivity contribution is 5.73. The standard InChI is InChI=1S/C37H63NO5/c1-8-9-10-11-12-13-14-15-16-17-20-33(39)42-25-23-38(21-18-19-22-38)24-26-43-34(40)29-30-27-31(36(2,3)4)35(41)32(28-30)37(5,6)7/h27-28H,8-26,29H2,1-7H3/p+1. The summed E-state index contributed by atoms with van der Waals surface area (Å²) in [4.78, 5) is 25.2. The van der Waals surface area contributed by atoms with Gasteiger partial charge in [0.1, 0.15) is 32.1 Å². The van der Waals surface area contributed by atoms with Crippen LogP contribution in [-0.2, 0) is 36.3 Å². The Morgan fingerprint density at radius 1 is 0.721 bits per heavy atom. The average molecular weight is 603 g/mol. The molecule has 0 amide bonds. The summed E-state index contributed by atoms with van der Waals surface area (Å²) >= 11 is 0. The molecule has 6 heteroatoms. The molecule has 0 atom stereocenters. The molecule has 1 heterocycles. The highest BCUT2D eigenvalue weighted by Gasteiger charge is 2.32. The number of hydrogen-bond acceptors (Lipinski definition) is 5. The zero-order chi connectivity index (χ0) is 31.9. The molecule has 0 aliphatic carbocycles. The van der Waals surface area contributed by atoms with Crippen molar-refractivity contribution in [1.82, 2.24) is 0 Å². The first-order valence-electron chi connectivity index (χ1n) is 17.3. The fourth-order valence-corrected chi connectivity index (χ4v) is 6.26. The fraction of sp³-hybridized carbons (Fsp3) is 0.784. The van der Waals surface area contributed by atoms with E-state index in [1.165, 1.54) is 51.4 Å². The molecule has 1 saturated heterocycles. The first-order chi connectivity index (χ1) is 20.3. The Morgan fingerprint density at radius 2 is 1.16 bits per heavy atom. The van der Waals surface area contributed by atoms with Crippen molar-refractivity contribution >= 4 is 11.9 Å². The number of phenols is 1. The molecule has 0 spiro atoms. The molecule has 1 aromatic rings. The lowest BCUT2D eigenvalue weighted by molar-refractivity contribution is -0.917. The molecular weight excluding hydrogens is 538 g/mol. The van der Waals surface area contributed by atoms with Crippen LogP contribution in [0.2, 0.25) is 0 Å². The molecule has 0 bridgehead atoms. The van der Waals surface area contributed by atoms with Crippen molar-refractivity contribution in [1.29, 1.82) is 0 Å². The Balaban J connectivity index is 1.74. The summed E-state index contributed by atoms with van der Waals surface area (Å²) in [6, 6.07) is 3.90. The molecule has 0 radical (unpaired) electrons. The number of phenolic OH excluding ortho intramolecular Hbond substituents is 1. The lowest BCUT2D eigenvalue weighted by Gasteiger charge is -2.33. The number of esters is 2. The minimum Gasteiger partial charge on any atom is -0.507 e. The summed E-state index contributed by atoms with van der Waals surface area (Å²) in [5, 5.41) is 11.0. The third-order valence-electron chi connectivity index (χ3n) is 9.04. The molecule has 1 aliphatic heterocycles. The maximum Gasteiger partial charge on any atom is 0.310 e. The lowest BCUT2D eigenvalue weighted by Crippen LogP contribution is -2.50. The third-order valence-corrected chi connectivity index (χ3v) is 9.04. The topological polar surface area (TPSA) is 72.8 Å². The molecule has 2 rings (SSSR count). The van der Waals surface area contributed by atoms with Crippen molar-refractivity contribution in [2.24, 2.45) is 0 Å². The summed E-state index contributed by atoms with van der Waals surface area (Å²) in [5.41, 5.74) is 2.09. The van der Waals surface area contributed by atoms with Crippen LogP contribution in [0.4, 0.5) is 0 Å². The fourth-order valence-electron chi connectivity index (χ4n) is 6.26. The monoisotopic (exact) mass is 602 g/mol.